The van der Waals surface area contributed by atoms with E-state index in [0.29, 0.717) is 0 Å². The lowest BCUT2D eigenvalue weighted by molar-refractivity contribution is -0.143. The van der Waals surface area contributed by atoms with Crippen molar-refractivity contribution in [3.05, 3.63) is 0 Å². The molecule has 13 N–H and O–H groups in total. The number of guanidine groups is 1. The van der Waals surface area contributed by atoms with Gasteiger partial charge in [-0.15, -0.1) is 0 Å². The Morgan fingerprint density at radius 1 is 0.771 bits per heavy atom. The molecule has 17 nitrogen and oxygen atoms in total. The zero-order chi connectivity index (χ0) is 27.1. The van der Waals surface area contributed by atoms with Crippen LogP contribution in [0.15, 0.2) is 4.99 Å². The Kier molecular flexibility index (Phi) is 14.0. The Labute approximate surface area is 199 Å². The molecule has 0 saturated heterocycles. The van der Waals surface area contributed by atoms with Gasteiger partial charge in [0.05, 0.1) is 19.1 Å². The molecule has 0 aromatic rings. The summed E-state index contributed by atoms with van der Waals surface area (Å²) >= 11 is 0. The molecule has 4 atom stereocenters. The summed E-state index contributed by atoms with van der Waals surface area (Å²) in [5, 5.41) is 42.6. The third kappa shape index (κ3) is 13.3. The van der Waals surface area contributed by atoms with Gasteiger partial charge in [-0.25, -0.2) is 4.79 Å². The van der Waals surface area contributed by atoms with Crippen molar-refractivity contribution < 1.29 is 49.2 Å². The van der Waals surface area contributed by atoms with Crippen LogP contribution in [0.2, 0.25) is 0 Å². The molecular weight excluding hydrogens is 474 g/mol. The predicted octanol–water partition coefficient (Wildman–Crippen LogP) is -4.76. The normalized spacial score (nSPS) is 13.9. The molecule has 0 rings (SSSR count). The second-order valence-corrected chi connectivity index (χ2v) is 7.29. The first-order valence-corrected chi connectivity index (χ1v) is 10.3. The Morgan fingerprint density at radius 2 is 1.31 bits per heavy atom. The van der Waals surface area contributed by atoms with Crippen molar-refractivity contribution in [1.29, 1.82) is 0 Å². The molecule has 0 heterocycles. The van der Waals surface area contributed by atoms with Crippen molar-refractivity contribution in [2.24, 2.45) is 22.2 Å². The molecule has 0 aliphatic heterocycles. The second kappa shape index (κ2) is 15.8. The summed E-state index contributed by atoms with van der Waals surface area (Å²) in [6.07, 6.45) is -1.57. The lowest BCUT2D eigenvalue weighted by Gasteiger charge is -2.23. The van der Waals surface area contributed by atoms with Gasteiger partial charge >= 0.3 is 17.9 Å². The first kappa shape index (κ1) is 31.0. The molecule has 0 aromatic carbocycles. The summed E-state index contributed by atoms with van der Waals surface area (Å²) in [6, 6.07) is -6.18. The molecule has 0 fully saturated rings. The van der Waals surface area contributed by atoms with Gasteiger partial charge in [0.25, 0.3) is 0 Å². The molecule has 0 saturated carbocycles. The van der Waals surface area contributed by atoms with E-state index in [4.69, 9.17) is 27.4 Å². The average Bonchev–Trinajstić information content (AvgIpc) is 2.76. The molecule has 198 valence electrons. The number of nitrogens with one attached hydrogen (secondary N) is 3. The van der Waals surface area contributed by atoms with Gasteiger partial charge in [-0.1, -0.05) is 0 Å². The number of hydrogen-bond acceptors (Lipinski definition) is 9. The fraction of sp³-hybridized carbons (Fsp3) is 0.611. The van der Waals surface area contributed by atoms with Crippen LogP contribution < -0.4 is 33.2 Å². The maximum Gasteiger partial charge on any atom is 0.326 e. The van der Waals surface area contributed by atoms with Crippen molar-refractivity contribution >= 4 is 41.6 Å². The summed E-state index contributed by atoms with van der Waals surface area (Å²) in [5.74, 6) is -7.60. The van der Waals surface area contributed by atoms with Crippen molar-refractivity contribution in [1.82, 2.24) is 16.0 Å². The number of carboxylic acid groups (broad SMARTS) is 3. The number of nitrogens with zero attached hydrogens (tertiary/aromatic N) is 1. The highest BCUT2D eigenvalue weighted by molar-refractivity contribution is 5.95. The molecule has 4 unspecified atom stereocenters. The molecular formula is C18H31N7O10. The summed E-state index contributed by atoms with van der Waals surface area (Å²) in [6.45, 7) is -0.892. The van der Waals surface area contributed by atoms with Gasteiger partial charge in [0, 0.05) is 13.0 Å². The van der Waals surface area contributed by atoms with Gasteiger partial charge in [0.1, 0.15) is 18.1 Å². The smallest absolute Gasteiger partial charge is 0.326 e. The topological polar surface area (TPSA) is 310 Å². The number of aliphatic carboxylic acids is 3. The van der Waals surface area contributed by atoms with Crippen LogP contribution in [-0.4, -0.2) is 99.3 Å². The van der Waals surface area contributed by atoms with Crippen LogP contribution in [0, 0.1) is 0 Å². The standard InChI is InChI=1S/C18H31N7O10/c19-8(3-4-12(27)28)14(31)24-10(6-13(29)30)15(32)25-11(7-26)16(33)23-9(17(34)35)2-1-5-22-18(20)21/h8-11,26H,1-7,19H2,(H,23,33)(H,24,31)(H,25,32)(H,27,28)(H,29,30)(H,34,35)(H4,20,21,22). The number of carboxylic acids is 3. The molecule has 0 bridgehead atoms. The van der Waals surface area contributed by atoms with Crippen LogP contribution in [-0.2, 0) is 28.8 Å². The summed E-state index contributed by atoms with van der Waals surface area (Å²) in [7, 11) is 0. The summed E-state index contributed by atoms with van der Waals surface area (Å²) in [5.41, 5.74) is 15.9. The number of carbonyl (C=O) groups excluding carboxylic acids is 3. The maximum atomic E-state index is 12.5. The van der Waals surface area contributed by atoms with E-state index in [2.05, 4.69) is 15.6 Å². The predicted molar refractivity (Wildman–Crippen MR) is 118 cm³/mol. The van der Waals surface area contributed by atoms with Gasteiger partial charge in [-0.05, 0) is 19.3 Å². The molecule has 0 aliphatic rings. The van der Waals surface area contributed by atoms with Crippen LogP contribution in [0.1, 0.15) is 32.1 Å². The number of aliphatic hydroxyl groups is 1. The third-order valence-electron chi connectivity index (χ3n) is 4.39. The molecule has 0 spiro atoms. The Bertz CT molecular complexity index is 815. The fourth-order valence-corrected chi connectivity index (χ4v) is 2.57. The number of hydrogen-bond donors (Lipinski definition) is 10. The van der Waals surface area contributed by atoms with E-state index < -0.39 is 79.2 Å². The van der Waals surface area contributed by atoms with Gasteiger partial charge < -0.3 is 53.6 Å². The van der Waals surface area contributed by atoms with Gasteiger partial charge in [-0.2, -0.15) is 0 Å². The maximum absolute atomic E-state index is 12.5. The second-order valence-electron chi connectivity index (χ2n) is 7.29. The minimum absolute atomic E-state index is 0.0874. The monoisotopic (exact) mass is 505 g/mol. The van der Waals surface area contributed by atoms with Gasteiger partial charge in [-0.3, -0.25) is 29.0 Å². The first-order chi connectivity index (χ1) is 16.3. The number of aliphatic hydroxyl groups excluding tert-OH is 1. The Balaban J connectivity index is 5.20. The van der Waals surface area contributed by atoms with E-state index in [0.717, 1.165) is 0 Å². The lowest BCUT2D eigenvalue weighted by atomic mass is 10.1. The van der Waals surface area contributed by atoms with E-state index >= 15 is 0 Å². The highest BCUT2D eigenvalue weighted by Crippen LogP contribution is 2.02. The molecule has 35 heavy (non-hydrogen) atoms. The molecule has 3 amide bonds. The summed E-state index contributed by atoms with van der Waals surface area (Å²) < 4.78 is 0. The lowest BCUT2D eigenvalue weighted by Crippen LogP contribution is -2.58. The van der Waals surface area contributed by atoms with E-state index in [9.17, 15) is 39.0 Å². The van der Waals surface area contributed by atoms with Gasteiger partial charge in [0.15, 0.2) is 5.96 Å². The first-order valence-electron chi connectivity index (χ1n) is 10.3. The summed E-state index contributed by atoms with van der Waals surface area (Å²) in [4.78, 5) is 73.8. The number of rotatable bonds is 17. The van der Waals surface area contributed by atoms with E-state index in [1.54, 1.807) is 0 Å². The number of nitrogens with two attached hydrogens (primary N) is 3. The van der Waals surface area contributed by atoms with Crippen molar-refractivity contribution in [2.45, 2.75) is 56.3 Å². The molecule has 0 aromatic heterocycles. The van der Waals surface area contributed by atoms with Crippen molar-refractivity contribution in [3.63, 3.8) is 0 Å². The molecule has 0 aliphatic carbocycles. The number of carbonyl (C=O) groups is 6. The third-order valence-corrected chi connectivity index (χ3v) is 4.39. The zero-order valence-corrected chi connectivity index (χ0v) is 18.7. The largest absolute Gasteiger partial charge is 0.481 e. The average molecular weight is 505 g/mol. The van der Waals surface area contributed by atoms with Crippen LogP contribution >= 0.6 is 0 Å². The number of amides is 3. The number of aliphatic imine (C=N–C) groups is 1. The molecule has 0 radical (unpaired) electrons. The molecule has 17 heteroatoms. The zero-order valence-electron chi connectivity index (χ0n) is 18.7. The Hall–Kier alpha value is -3.99. The van der Waals surface area contributed by atoms with Crippen LogP contribution in [0.5, 0.6) is 0 Å². The van der Waals surface area contributed by atoms with Crippen LogP contribution in [0.4, 0.5) is 0 Å². The highest BCUT2D eigenvalue weighted by atomic mass is 16.4. The highest BCUT2D eigenvalue weighted by Gasteiger charge is 2.31. The van der Waals surface area contributed by atoms with Gasteiger partial charge in [0.2, 0.25) is 17.7 Å². The quantitative estimate of drug-likeness (QED) is 0.0504. The SMILES string of the molecule is NC(N)=NCCCC(NC(=O)C(CO)NC(=O)C(CC(=O)O)NC(=O)C(N)CCC(=O)O)C(=O)O. The minimum atomic E-state index is -1.73. The van der Waals surface area contributed by atoms with Crippen molar-refractivity contribution in [2.75, 3.05) is 13.2 Å². The van der Waals surface area contributed by atoms with E-state index in [1.165, 1.54) is 0 Å². The van der Waals surface area contributed by atoms with Crippen LogP contribution in [0.25, 0.3) is 0 Å². The minimum Gasteiger partial charge on any atom is -0.481 e. The van der Waals surface area contributed by atoms with E-state index in [1.807, 2.05) is 5.32 Å². The van der Waals surface area contributed by atoms with E-state index in [-0.39, 0.29) is 31.8 Å². The fourth-order valence-electron chi connectivity index (χ4n) is 2.57. The van der Waals surface area contributed by atoms with Crippen molar-refractivity contribution in [3.8, 4) is 0 Å². The van der Waals surface area contributed by atoms with Crippen LogP contribution in [0.3, 0.4) is 0 Å². The Morgan fingerprint density at radius 3 is 1.80 bits per heavy atom.